The van der Waals surface area contributed by atoms with Gasteiger partial charge < -0.3 is 15.4 Å². The van der Waals surface area contributed by atoms with E-state index in [4.69, 9.17) is 4.74 Å². The second-order valence-corrected chi connectivity index (χ2v) is 5.05. The molecule has 4 heteroatoms. The minimum atomic E-state index is 0.142. The number of carbonyl (C=O) groups is 1. The van der Waals surface area contributed by atoms with Crippen molar-refractivity contribution in [1.82, 2.24) is 10.6 Å². The second-order valence-electron chi connectivity index (χ2n) is 5.05. The summed E-state index contributed by atoms with van der Waals surface area (Å²) in [7, 11) is 0. The van der Waals surface area contributed by atoms with Crippen molar-refractivity contribution < 1.29 is 9.53 Å². The Bertz CT molecular complexity index is 241. The van der Waals surface area contributed by atoms with Crippen LogP contribution in [-0.4, -0.2) is 38.8 Å². The molecule has 0 bridgehead atoms. The van der Waals surface area contributed by atoms with Crippen molar-refractivity contribution in [1.29, 1.82) is 0 Å². The largest absolute Gasteiger partial charge is 0.379 e. The molecule has 2 aliphatic rings. The average Bonchev–Trinajstić information content (AvgIpc) is 2.99. The second kappa shape index (κ2) is 5.64. The molecule has 1 aliphatic heterocycles. The summed E-state index contributed by atoms with van der Waals surface area (Å²) >= 11 is 0. The predicted octanol–water partition coefficient (Wildman–Crippen LogP) is 0.385. The standard InChI is InChI=1S/C12H22N2O2/c1-9-6-13-7-11(9)12(15)14-4-5-16-8-10-2-3-10/h9-11,13H,2-8H2,1H3,(H,14,15). The van der Waals surface area contributed by atoms with Gasteiger partial charge in [-0.15, -0.1) is 0 Å². The first kappa shape index (κ1) is 11.9. The minimum Gasteiger partial charge on any atom is -0.379 e. The summed E-state index contributed by atoms with van der Waals surface area (Å²) in [4.78, 5) is 11.8. The van der Waals surface area contributed by atoms with Crippen LogP contribution in [0.5, 0.6) is 0 Å². The molecule has 0 aromatic heterocycles. The molecule has 2 atom stereocenters. The molecule has 1 amide bonds. The Morgan fingerprint density at radius 2 is 2.25 bits per heavy atom. The zero-order valence-electron chi connectivity index (χ0n) is 10.00. The van der Waals surface area contributed by atoms with Crippen LogP contribution in [0.4, 0.5) is 0 Å². The van der Waals surface area contributed by atoms with Gasteiger partial charge in [0.15, 0.2) is 0 Å². The highest BCUT2D eigenvalue weighted by Gasteiger charge is 2.29. The molecule has 16 heavy (non-hydrogen) atoms. The fourth-order valence-electron chi connectivity index (χ4n) is 2.07. The smallest absolute Gasteiger partial charge is 0.224 e. The van der Waals surface area contributed by atoms with Crippen LogP contribution in [-0.2, 0) is 9.53 Å². The molecule has 2 fully saturated rings. The third kappa shape index (κ3) is 3.46. The topological polar surface area (TPSA) is 50.4 Å². The average molecular weight is 226 g/mol. The van der Waals surface area contributed by atoms with Gasteiger partial charge in [0.2, 0.25) is 5.91 Å². The molecule has 0 aromatic carbocycles. The lowest BCUT2D eigenvalue weighted by Crippen LogP contribution is -2.36. The summed E-state index contributed by atoms with van der Waals surface area (Å²) in [6, 6.07) is 0. The van der Waals surface area contributed by atoms with E-state index in [-0.39, 0.29) is 11.8 Å². The predicted molar refractivity (Wildman–Crippen MR) is 62.1 cm³/mol. The van der Waals surface area contributed by atoms with Crippen LogP contribution in [0.2, 0.25) is 0 Å². The summed E-state index contributed by atoms with van der Waals surface area (Å²) in [6.07, 6.45) is 2.63. The molecule has 0 radical (unpaired) electrons. The van der Waals surface area contributed by atoms with Gasteiger partial charge in [-0.05, 0) is 31.2 Å². The fraction of sp³-hybridized carbons (Fsp3) is 0.917. The number of hydrogen-bond donors (Lipinski definition) is 2. The summed E-state index contributed by atoms with van der Waals surface area (Å²) in [5.74, 6) is 1.57. The Balaban J connectivity index is 1.52. The van der Waals surface area contributed by atoms with Crippen LogP contribution in [0, 0.1) is 17.8 Å². The van der Waals surface area contributed by atoms with E-state index in [1.54, 1.807) is 0 Å². The van der Waals surface area contributed by atoms with Crippen LogP contribution >= 0.6 is 0 Å². The van der Waals surface area contributed by atoms with Crippen molar-refractivity contribution in [2.75, 3.05) is 32.8 Å². The van der Waals surface area contributed by atoms with Crippen LogP contribution in [0.1, 0.15) is 19.8 Å². The van der Waals surface area contributed by atoms with Crippen LogP contribution in [0.15, 0.2) is 0 Å². The van der Waals surface area contributed by atoms with Gasteiger partial charge in [0.1, 0.15) is 0 Å². The van der Waals surface area contributed by atoms with Crippen molar-refractivity contribution in [3.8, 4) is 0 Å². The molecular weight excluding hydrogens is 204 g/mol. The number of amides is 1. The first-order chi connectivity index (χ1) is 7.77. The lowest BCUT2D eigenvalue weighted by atomic mass is 9.97. The molecule has 0 spiro atoms. The monoisotopic (exact) mass is 226 g/mol. The maximum atomic E-state index is 11.8. The van der Waals surface area contributed by atoms with E-state index in [2.05, 4.69) is 17.6 Å². The van der Waals surface area contributed by atoms with Gasteiger partial charge in [0.25, 0.3) is 0 Å². The van der Waals surface area contributed by atoms with Crippen LogP contribution < -0.4 is 10.6 Å². The summed E-state index contributed by atoms with van der Waals surface area (Å²) in [5, 5.41) is 6.18. The van der Waals surface area contributed by atoms with Gasteiger partial charge in [-0.25, -0.2) is 0 Å². The Morgan fingerprint density at radius 1 is 1.44 bits per heavy atom. The molecule has 4 nitrogen and oxygen atoms in total. The number of carbonyl (C=O) groups excluding carboxylic acids is 1. The van der Waals surface area contributed by atoms with Crippen molar-refractivity contribution >= 4 is 5.91 Å². The van der Waals surface area contributed by atoms with E-state index in [9.17, 15) is 4.79 Å². The molecule has 2 N–H and O–H groups in total. The first-order valence-corrected chi connectivity index (χ1v) is 6.33. The highest BCUT2D eigenvalue weighted by atomic mass is 16.5. The van der Waals surface area contributed by atoms with Gasteiger partial charge in [-0.1, -0.05) is 6.92 Å². The van der Waals surface area contributed by atoms with Gasteiger partial charge in [-0.3, -0.25) is 4.79 Å². The SMILES string of the molecule is CC1CNCC1C(=O)NCCOCC1CC1. The molecule has 1 saturated heterocycles. The summed E-state index contributed by atoms with van der Waals surface area (Å²) < 4.78 is 5.47. The minimum absolute atomic E-state index is 0.142. The Labute approximate surface area is 97.1 Å². The van der Waals surface area contributed by atoms with E-state index in [0.717, 1.165) is 25.6 Å². The zero-order chi connectivity index (χ0) is 11.4. The van der Waals surface area contributed by atoms with Crippen molar-refractivity contribution in [2.24, 2.45) is 17.8 Å². The van der Waals surface area contributed by atoms with Crippen molar-refractivity contribution in [3.05, 3.63) is 0 Å². The number of hydrogen-bond acceptors (Lipinski definition) is 3. The Kier molecular flexibility index (Phi) is 4.18. The Morgan fingerprint density at radius 3 is 2.88 bits per heavy atom. The molecule has 1 saturated carbocycles. The number of nitrogens with one attached hydrogen (secondary N) is 2. The summed E-state index contributed by atoms with van der Waals surface area (Å²) in [5.41, 5.74) is 0. The maximum absolute atomic E-state index is 11.8. The van der Waals surface area contributed by atoms with Crippen LogP contribution in [0.25, 0.3) is 0 Å². The van der Waals surface area contributed by atoms with E-state index in [0.29, 0.717) is 19.1 Å². The van der Waals surface area contributed by atoms with E-state index in [1.165, 1.54) is 12.8 Å². The molecule has 2 unspecified atom stereocenters. The Hall–Kier alpha value is -0.610. The molecule has 92 valence electrons. The zero-order valence-corrected chi connectivity index (χ0v) is 10.00. The molecule has 1 heterocycles. The van der Waals surface area contributed by atoms with E-state index < -0.39 is 0 Å². The molecule has 2 rings (SSSR count). The molecule has 0 aromatic rings. The molecular formula is C12H22N2O2. The maximum Gasteiger partial charge on any atom is 0.224 e. The lowest BCUT2D eigenvalue weighted by molar-refractivity contribution is -0.125. The van der Waals surface area contributed by atoms with Crippen LogP contribution in [0.3, 0.4) is 0 Å². The number of ether oxygens (including phenoxy) is 1. The van der Waals surface area contributed by atoms with Gasteiger partial charge in [-0.2, -0.15) is 0 Å². The van der Waals surface area contributed by atoms with Gasteiger partial charge in [0, 0.05) is 19.7 Å². The normalized spacial score (nSPS) is 29.3. The third-order valence-electron chi connectivity index (χ3n) is 3.45. The number of rotatable bonds is 6. The third-order valence-corrected chi connectivity index (χ3v) is 3.45. The van der Waals surface area contributed by atoms with Gasteiger partial charge in [0.05, 0.1) is 12.5 Å². The van der Waals surface area contributed by atoms with E-state index >= 15 is 0 Å². The van der Waals surface area contributed by atoms with Crippen molar-refractivity contribution in [3.63, 3.8) is 0 Å². The first-order valence-electron chi connectivity index (χ1n) is 6.33. The fourth-order valence-corrected chi connectivity index (χ4v) is 2.07. The quantitative estimate of drug-likeness (QED) is 0.644. The highest BCUT2D eigenvalue weighted by molar-refractivity contribution is 5.79. The van der Waals surface area contributed by atoms with E-state index in [1.807, 2.05) is 0 Å². The van der Waals surface area contributed by atoms with Gasteiger partial charge >= 0.3 is 0 Å². The highest BCUT2D eigenvalue weighted by Crippen LogP contribution is 2.28. The van der Waals surface area contributed by atoms with Crippen molar-refractivity contribution in [2.45, 2.75) is 19.8 Å². The summed E-state index contributed by atoms with van der Waals surface area (Å²) in [6.45, 7) is 6.06. The molecule has 1 aliphatic carbocycles. The lowest BCUT2D eigenvalue weighted by Gasteiger charge is -2.14.